The lowest BCUT2D eigenvalue weighted by molar-refractivity contribution is 0.0754. The van der Waals surface area contributed by atoms with Gasteiger partial charge in [0.05, 0.1) is 31.1 Å². The van der Waals surface area contributed by atoms with Crippen LogP contribution in [0.3, 0.4) is 0 Å². The van der Waals surface area contributed by atoms with Crippen LogP contribution in [0, 0.1) is 6.92 Å². The SMILES string of the molecule is Cc1cc(CNC(=O)c2ccc3c(c2)Cc2cccc(c2)CN(Cc2ccccn2)CCOCCO3)n[nH]1. The zero-order chi connectivity index (χ0) is 26.2. The van der Waals surface area contributed by atoms with Gasteiger partial charge < -0.3 is 14.8 Å². The van der Waals surface area contributed by atoms with Gasteiger partial charge in [-0.15, -0.1) is 0 Å². The monoisotopic (exact) mass is 511 g/mol. The number of aryl methyl sites for hydroxylation is 1. The van der Waals surface area contributed by atoms with Crippen molar-refractivity contribution in [1.82, 2.24) is 25.4 Å². The van der Waals surface area contributed by atoms with Crippen molar-refractivity contribution in [3.05, 3.63) is 112 Å². The number of aromatic amines is 1. The molecule has 3 heterocycles. The number of hydrogen-bond acceptors (Lipinski definition) is 6. The molecule has 2 aromatic carbocycles. The summed E-state index contributed by atoms with van der Waals surface area (Å²) < 4.78 is 12.0. The molecule has 0 atom stereocenters. The highest BCUT2D eigenvalue weighted by molar-refractivity contribution is 5.94. The van der Waals surface area contributed by atoms with Crippen LogP contribution in [0.1, 0.15) is 44.1 Å². The highest BCUT2D eigenvalue weighted by Crippen LogP contribution is 2.25. The van der Waals surface area contributed by atoms with E-state index in [9.17, 15) is 4.79 Å². The number of aromatic nitrogens is 3. The van der Waals surface area contributed by atoms with Gasteiger partial charge in [-0.25, -0.2) is 0 Å². The molecular weight excluding hydrogens is 478 g/mol. The maximum atomic E-state index is 12.9. The Morgan fingerprint density at radius 3 is 2.76 bits per heavy atom. The lowest BCUT2D eigenvalue weighted by Gasteiger charge is -2.23. The molecule has 0 fully saturated rings. The molecule has 196 valence electrons. The molecule has 8 heteroatoms. The van der Waals surface area contributed by atoms with Gasteiger partial charge in [-0.3, -0.25) is 19.8 Å². The summed E-state index contributed by atoms with van der Waals surface area (Å²) in [6.07, 6.45) is 2.49. The van der Waals surface area contributed by atoms with Gasteiger partial charge in [-0.05, 0) is 60.0 Å². The molecule has 5 rings (SSSR count). The summed E-state index contributed by atoms with van der Waals surface area (Å²) in [6, 6.07) is 22.1. The van der Waals surface area contributed by atoms with Crippen LogP contribution in [0.4, 0.5) is 0 Å². The van der Waals surface area contributed by atoms with Gasteiger partial charge in [0, 0.05) is 43.5 Å². The number of fused-ring (bicyclic) bond motifs is 3. The number of pyridine rings is 1. The highest BCUT2D eigenvalue weighted by atomic mass is 16.5. The number of rotatable bonds is 5. The van der Waals surface area contributed by atoms with Crippen molar-refractivity contribution in [3.63, 3.8) is 0 Å². The first-order valence-electron chi connectivity index (χ1n) is 12.9. The van der Waals surface area contributed by atoms with Crippen LogP contribution in [0.2, 0.25) is 0 Å². The smallest absolute Gasteiger partial charge is 0.251 e. The van der Waals surface area contributed by atoms with Gasteiger partial charge in [-0.2, -0.15) is 5.10 Å². The molecule has 0 aliphatic carbocycles. The molecule has 2 bridgehead atoms. The van der Waals surface area contributed by atoms with Crippen molar-refractivity contribution < 1.29 is 14.3 Å². The molecule has 8 nitrogen and oxygen atoms in total. The second-order valence-corrected chi connectivity index (χ2v) is 9.54. The molecule has 0 radical (unpaired) electrons. The van der Waals surface area contributed by atoms with E-state index in [0.717, 1.165) is 48.0 Å². The first-order valence-corrected chi connectivity index (χ1v) is 12.9. The van der Waals surface area contributed by atoms with E-state index in [1.54, 1.807) is 6.07 Å². The van der Waals surface area contributed by atoms with Crippen molar-refractivity contribution in [3.8, 4) is 5.75 Å². The van der Waals surface area contributed by atoms with Crippen molar-refractivity contribution in [2.45, 2.75) is 33.0 Å². The Hall–Kier alpha value is -4.01. The van der Waals surface area contributed by atoms with E-state index in [-0.39, 0.29) is 5.91 Å². The summed E-state index contributed by atoms with van der Waals surface area (Å²) in [7, 11) is 0. The van der Waals surface area contributed by atoms with E-state index in [2.05, 4.69) is 55.7 Å². The van der Waals surface area contributed by atoms with Crippen LogP contribution in [0.15, 0.2) is 72.9 Å². The van der Waals surface area contributed by atoms with Gasteiger partial charge in [0.2, 0.25) is 0 Å². The van der Waals surface area contributed by atoms with Crippen molar-refractivity contribution in [2.75, 3.05) is 26.4 Å². The molecule has 1 amide bonds. The minimum absolute atomic E-state index is 0.143. The molecule has 2 aromatic heterocycles. The Labute approximate surface area is 223 Å². The molecular formula is C30H33N5O3. The first-order chi connectivity index (χ1) is 18.6. The fourth-order valence-corrected chi connectivity index (χ4v) is 4.59. The minimum atomic E-state index is -0.143. The van der Waals surface area contributed by atoms with Crippen molar-refractivity contribution in [1.29, 1.82) is 0 Å². The number of carbonyl (C=O) groups excluding carboxylic acids is 1. The number of ether oxygens (including phenoxy) is 2. The van der Waals surface area contributed by atoms with Crippen LogP contribution in [0.5, 0.6) is 5.75 Å². The maximum absolute atomic E-state index is 12.9. The standard InChI is InChI=1S/C30H33N5O3/c1-22-15-28(34-33-22)19-32-30(36)25-8-9-29-26(18-25)17-23-5-4-6-24(16-23)20-35(11-12-37-13-14-38-29)21-27-7-2-3-10-31-27/h2-10,15-16,18H,11-14,17,19-21H2,1H3,(H,32,36)(H,33,34). The quantitative estimate of drug-likeness (QED) is 0.420. The van der Waals surface area contributed by atoms with Crippen LogP contribution in [-0.4, -0.2) is 52.4 Å². The van der Waals surface area contributed by atoms with Crippen molar-refractivity contribution >= 4 is 5.91 Å². The van der Waals surface area contributed by atoms with Crippen LogP contribution < -0.4 is 10.1 Å². The summed E-state index contributed by atoms with van der Waals surface area (Å²) in [5, 5.41) is 10.0. The predicted molar refractivity (Wildman–Crippen MR) is 145 cm³/mol. The maximum Gasteiger partial charge on any atom is 0.251 e. The second-order valence-electron chi connectivity index (χ2n) is 9.54. The summed E-state index contributed by atoms with van der Waals surface area (Å²) in [5.74, 6) is 0.627. The third-order valence-electron chi connectivity index (χ3n) is 6.45. The minimum Gasteiger partial charge on any atom is -0.491 e. The zero-order valence-corrected chi connectivity index (χ0v) is 21.7. The van der Waals surface area contributed by atoms with Gasteiger partial charge in [0.25, 0.3) is 5.91 Å². The number of nitrogens with zero attached hydrogens (tertiary/aromatic N) is 3. The average Bonchev–Trinajstić information content (AvgIpc) is 3.35. The van der Waals surface area contributed by atoms with Crippen LogP contribution in [-0.2, 0) is 30.8 Å². The second kappa shape index (κ2) is 12.5. The van der Waals surface area contributed by atoms with E-state index in [1.807, 2.05) is 43.5 Å². The average molecular weight is 512 g/mol. The third-order valence-corrected chi connectivity index (χ3v) is 6.45. The number of amides is 1. The molecule has 0 saturated carbocycles. The van der Waals surface area contributed by atoms with Gasteiger partial charge in [0.1, 0.15) is 12.4 Å². The van der Waals surface area contributed by atoms with E-state index >= 15 is 0 Å². The van der Waals surface area contributed by atoms with E-state index in [4.69, 9.17) is 9.47 Å². The lowest BCUT2D eigenvalue weighted by Crippen LogP contribution is -2.28. The van der Waals surface area contributed by atoms with Crippen LogP contribution in [0.25, 0.3) is 0 Å². The summed E-state index contributed by atoms with van der Waals surface area (Å²) in [4.78, 5) is 19.8. The Bertz CT molecular complexity index is 1360. The first kappa shape index (κ1) is 25.6. The molecule has 4 aromatic rings. The molecule has 1 aliphatic heterocycles. The van der Waals surface area contributed by atoms with Crippen LogP contribution >= 0.6 is 0 Å². The fraction of sp³-hybridized carbons (Fsp3) is 0.300. The van der Waals surface area contributed by atoms with Gasteiger partial charge in [0.15, 0.2) is 0 Å². The normalized spacial score (nSPS) is 14.7. The molecule has 0 spiro atoms. The summed E-state index contributed by atoms with van der Waals surface area (Å²) >= 11 is 0. The third kappa shape index (κ3) is 7.06. The van der Waals surface area contributed by atoms with E-state index in [0.29, 0.717) is 38.3 Å². The topological polar surface area (TPSA) is 92.4 Å². The van der Waals surface area contributed by atoms with Gasteiger partial charge >= 0.3 is 0 Å². The number of H-pyrrole nitrogens is 1. The molecule has 2 N–H and O–H groups in total. The molecule has 38 heavy (non-hydrogen) atoms. The Kier molecular flexibility index (Phi) is 8.42. The fourth-order valence-electron chi connectivity index (χ4n) is 4.59. The lowest BCUT2D eigenvalue weighted by atomic mass is 9.99. The number of carbonyl (C=O) groups is 1. The molecule has 0 unspecified atom stereocenters. The highest BCUT2D eigenvalue weighted by Gasteiger charge is 2.14. The molecule has 0 saturated heterocycles. The van der Waals surface area contributed by atoms with E-state index < -0.39 is 0 Å². The van der Waals surface area contributed by atoms with Crippen molar-refractivity contribution in [2.24, 2.45) is 0 Å². The summed E-state index contributed by atoms with van der Waals surface area (Å²) in [5.41, 5.74) is 6.75. The summed E-state index contributed by atoms with van der Waals surface area (Å²) in [6.45, 7) is 6.20. The largest absolute Gasteiger partial charge is 0.491 e. The number of benzene rings is 2. The van der Waals surface area contributed by atoms with E-state index in [1.165, 1.54) is 11.1 Å². The zero-order valence-electron chi connectivity index (χ0n) is 21.7. The number of hydrogen-bond donors (Lipinski definition) is 2. The Balaban J connectivity index is 1.34. The van der Waals surface area contributed by atoms with Gasteiger partial charge in [-0.1, -0.05) is 30.3 Å². The number of nitrogens with one attached hydrogen (secondary N) is 2. The Morgan fingerprint density at radius 1 is 1.00 bits per heavy atom. The Morgan fingerprint density at radius 2 is 1.92 bits per heavy atom. The molecule has 1 aliphatic rings. The predicted octanol–water partition coefficient (Wildman–Crippen LogP) is 4.05.